The van der Waals surface area contributed by atoms with Gasteiger partial charge < -0.3 is 5.32 Å². The van der Waals surface area contributed by atoms with Crippen LogP contribution in [0.2, 0.25) is 0 Å². The number of benzene rings is 1. The molecule has 0 aliphatic rings. The van der Waals surface area contributed by atoms with Crippen molar-refractivity contribution in [2.45, 2.75) is 26.4 Å². The van der Waals surface area contributed by atoms with Crippen molar-refractivity contribution in [2.75, 3.05) is 5.32 Å². The van der Waals surface area contributed by atoms with Gasteiger partial charge in [-0.25, -0.2) is 4.68 Å². The van der Waals surface area contributed by atoms with E-state index in [0.29, 0.717) is 0 Å². The molecule has 0 atom stereocenters. The second-order valence-electron chi connectivity index (χ2n) is 4.76. The average molecular weight is 282 g/mol. The Hall–Kier alpha value is -2.63. The molecule has 0 fully saturated rings. The van der Waals surface area contributed by atoms with Gasteiger partial charge in [-0.15, -0.1) is 5.10 Å². The summed E-state index contributed by atoms with van der Waals surface area (Å²) < 4.78 is 3.79. The van der Waals surface area contributed by atoms with Gasteiger partial charge in [0, 0.05) is 12.7 Å². The number of para-hydroxylation sites is 2. The summed E-state index contributed by atoms with van der Waals surface area (Å²) in [4.78, 5) is 0. The van der Waals surface area contributed by atoms with Gasteiger partial charge in [0.15, 0.2) is 0 Å². The van der Waals surface area contributed by atoms with Crippen molar-refractivity contribution in [2.24, 2.45) is 0 Å². The molecule has 0 bridgehead atoms. The molecule has 3 aromatic rings. The van der Waals surface area contributed by atoms with Crippen molar-refractivity contribution in [3.8, 4) is 5.69 Å². The maximum Gasteiger partial charge on any atom is 0.0894 e. The largest absolute Gasteiger partial charge is 0.378 e. The topological polar surface area (TPSA) is 60.6 Å². The second kappa shape index (κ2) is 6.21. The van der Waals surface area contributed by atoms with Crippen molar-refractivity contribution in [3.63, 3.8) is 0 Å². The molecule has 0 unspecified atom stereocenters. The van der Waals surface area contributed by atoms with Crippen LogP contribution in [0.4, 0.5) is 5.69 Å². The standard InChI is InChI=1S/C15H18N6/c1-2-10-20-13(7-8-18-20)12-16-14-5-3-4-6-15(14)21-11-9-17-19-21/h3-9,11,16H,2,10,12H2,1H3. The summed E-state index contributed by atoms with van der Waals surface area (Å²) in [6, 6.07) is 10.1. The number of rotatable bonds is 6. The Balaban J connectivity index is 1.78. The number of anilines is 1. The molecule has 6 heteroatoms. The number of nitrogens with zero attached hydrogens (tertiary/aromatic N) is 5. The summed E-state index contributed by atoms with van der Waals surface area (Å²) in [5.41, 5.74) is 3.18. The Kier molecular flexibility index (Phi) is 3.95. The number of nitrogens with one attached hydrogen (secondary N) is 1. The second-order valence-corrected chi connectivity index (χ2v) is 4.76. The van der Waals surface area contributed by atoms with Gasteiger partial charge in [-0.2, -0.15) is 5.10 Å². The smallest absolute Gasteiger partial charge is 0.0894 e. The van der Waals surface area contributed by atoms with Gasteiger partial charge in [0.1, 0.15) is 0 Å². The predicted molar refractivity (Wildman–Crippen MR) is 81.2 cm³/mol. The molecule has 108 valence electrons. The quantitative estimate of drug-likeness (QED) is 0.754. The minimum Gasteiger partial charge on any atom is -0.378 e. The Morgan fingerprint density at radius 1 is 1.14 bits per heavy atom. The third kappa shape index (κ3) is 2.94. The first kappa shape index (κ1) is 13.4. The lowest BCUT2D eigenvalue weighted by Gasteiger charge is -2.12. The van der Waals surface area contributed by atoms with E-state index in [1.165, 1.54) is 5.69 Å². The molecule has 0 aliphatic carbocycles. The molecular formula is C15H18N6. The van der Waals surface area contributed by atoms with E-state index < -0.39 is 0 Å². The molecular weight excluding hydrogens is 264 g/mol. The van der Waals surface area contributed by atoms with Crippen LogP contribution >= 0.6 is 0 Å². The van der Waals surface area contributed by atoms with Crippen LogP contribution in [0, 0.1) is 0 Å². The highest BCUT2D eigenvalue weighted by Gasteiger charge is 2.06. The van der Waals surface area contributed by atoms with E-state index in [9.17, 15) is 0 Å². The molecule has 2 heterocycles. The summed E-state index contributed by atoms with van der Waals surface area (Å²) in [5, 5.41) is 15.7. The van der Waals surface area contributed by atoms with Crippen LogP contribution in [0.3, 0.4) is 0 Å². The van der Waals surface area contributed by atoms with Crippen molar-refractivity contribution in [1.82, 2.24) is 24.8 Å². The highest BCUT2D eigenvalue weighted by molar-refractivity contribution is 5.60. The first-order chi connectivity index (χ1) is 10.4. The van der Waals surface area contributed by atoms with Gasteiger partial charge in [-0.1, -0.05) is 24.3 Å². The van der Waals surface area contributed by atoms with E-state index in [0.717, 1.165) is 30.9 Å². The van der Waals surface area contributed by atoms with Crippen LogP contribution < -0.4 is 5.32 Å². The first-order valence-corrected chi connectivity index (χ1v) is 7.08. The molecule has 0 amide bonds. The van der Waals surface area contributed by atoms with E-state index in [1.54, 1.807) is 10.9 Å². The lowest BCUT2D eigenvalue weighted by Crippen LogP contribution is -2.10. The van der Waals surface area contributed by atoms with E-state index in [-0.39, 0.29) is 0 Å². The summed E-state index contributed by atoms with van der Waals surface area (Å²) in [5.74, 6) is 0. The summed E-state index contributed by atoms with van der Waals surface area (Å²) in [6.07, 6.45) is 6.43. The van der Waals surface area contributed by atoms with E-state index in [2.05, 4.69) is 27.7 Å². The average Bonchev–Trinajstić information content (AvgIpc) is 3.17. The zero-order valence-corrected chi connectivity index (χ0v) is 12.0. The molecule has 3 rings (SSSR count). The Morgan fingerprint density at radius 2 is 2.05 bits per heavy atom. The molecule has 0 aliphatic heterocycles. The van der Waals surface area contributed by atoms with Gasteiger partial charge in [0.2, 0.25) is 0 Å². The fraction of sp³-hybridized carbons (Fsp3) is 0.267. The Bertz CT molecular complexity index is 686. The SMILES string of the molecule is CCCn1nccc1CNc1ccccc1-n1ccnn1. The molecule has 1 N–H and O–H groups in total. The van der Waals surface area contributed by atoms with Crippen molar-refractivity contribution in [1.29, 1.82) is 0 Å². The van der Waals surface area contributed by atoms with Crippen LogP contribution in [0.15, 0.2) is 48.9 Å². The molecule has 0 radical (unpaired) electrons. The third-order valence-electron chi connectivity index (χ3n) is 3.27. The van der Waals surface area contributed by atoms with Gasteiger partial charge in [0.05, 0.1) is 36.0 Å². The van der Waals surface area contributed by atoms with Crippen LogP contribution in [0.25, 0.3) is 5.69 Å². The predicted octanol–water partition coefficient (Wildman–Crippen LogP) is 2.49. The lowest BCUT2D eigenvalue weighted by atomic mass is 10.2. The molecule has 2 aromatic heterocycles. The minimum atomic E-state index is 0.728. The van der Waals surface area contributed by atoms with E-state index in [4.69, 9.17) is 0 Å². The van der Waals surface area contributed by atoms with Crippen LogP contribution in [0.1, 0.15) is 19.0 Å². The third-order valence-corrected chi connectivity index (χ3v) is 3.27. The summed E-state index contributed by atoms with van der Waals surface area (Å²) >= 11 is 0. The molecule has 1 aromatic carbocycles. The summed E-state index contributed by atoms with van der Waals surface area (Å²) in [6.45, 7) is 3.82. The van der Waals surface area contributed by atoms with E-state index in [1.807, 2.05) is 47.4 Å². The lowest BCUT2D eigenvalue weighted by molar-refractivity contribution is 0.578. The highest BCUT2D eigenvalue weighted by Crippen LogP contribution is 2.19. The number of aryl methyl sites for hydroxylation is 1. The normalized spacial score (nSPS) is 10.7. The fourth-order valence-corrected chi connectivity index (χ4v) is 2.27. The van der Waals surface area contributed by atoms with Gasteiger partial charge >= 0.3 is 0 Å². The van der Waals surface area contributed by atoms with Crippen LogP contribution in [-0.2, 0) is 13.1 Å². The first-order valence-electron chi connectivity index (χ1n) is 7.08. The molecule has 0 saturated carbocycles. The fourth-order valence-electron chi connectivity index (χ4n) is 2.27. The minimum absolute atomic E-state index is 0.728. The van der Waals surface area contributed by atoms with Gasteiger partial charge in [0.25, 0.3) is 0 Å². The van der Waals surface area contributed by atoms with Crippen LogP contribution in [-0.4, -0.2) is 24.8 Å². The maximum absolute atomic E-state index is 4.34. The molecule has 21 heavy (non-hydrogen) atoms. The maximum atomic E-state index is 4.34. The van der Waals surface area contributed by atoms with E-state index >= 15 is 0 Å². The number of aromatic nitrogens is 5. The summed E-state index contributed by atoms with van der Waals surface area (Å²) in [7, 11) is 0. The Labute approximate surface area is 123 Å². The van der Waals surface area contributed by atoms with Crippen molar-refractivity contribution in [3.05, 3.63) is 54.6 Å². The highest BCUT2D eigenvalue weighted by atomic mass is 15.4. The Morgan fingerprint density at radius 3 is 2.86 bits per heavy atom. The van der Waals surface area contributed by atoms with Crippen molar-refractivity contribution >= 4 is 5.69 Å². The molecule has 0 saturated heterocycles. The molecule has 0 spiro atoms. The monoisotopic (exact) mass is 282 g/mol. The number of hydrogen-bond donors (Lipinski definition) is 1. The zero-order chi connectivity index (χ0) is 14.5. The molecule has 6 nitrogen and oxygen atoms in total. The van der Waals surface area contributed by atoms with Crippen molar-refractivity contribution < 1.29 is 0 Å². The number of hydrogen-bond acceptors (Lipinski definition) is 4. The van der Waals surface area contributed by atoms with Gasteiger partial charge in [-0.3, -0.25) is 4.68 Å². The van der Waals surface area contributed by atoms with Crippen LogP contribution in [0.5, 0.6) is 0 Å². The van der Waals surface area contributed by atoms with Gasteiger partial charge in [-0.05, 0) is 24.6 Å². The zero-order valence-electron chi connectivity index (χ0n) is 12.0.